The van der Waals surface area contributed by atoms with Crippen molar-refractivity contribution < 1.29 is 24.2 Å². The molecule has 0 spiro atoms. The average Bonchev–Trinajstić information content (AvgIpc) is 2.73. The number of ether oxygens (including phenoxy) is 1. The fourth-order valence-corrected chi connectivity index (χ4v) is 2.88. The zero-order valence-corrected chi connectivity index (χ0v) is 18.3. The van der Waals surface area contributed by atoms with Crippen molar-refractivity contribution in [2.45, 2.75) is 26.3 Å². The Bertz CT molecular complexity index is 953. The van der Waals surface area contributed by atoms with Crippen molar-refractivity contribution in [3.8, 4) is 5.75 Å². The van der Waals surface area contributed by atoms with Crippen molar-refractivity contribution in [2.75, 3.05) is 7.11 Å². The summed E-state index contributed by atoms with van der Waals surface area (Å²) in [5.41, 5.74) is 0.839. The van der Waals surface area contributed by atoms with E-state index < -0.39 is 23.8 Å². The normalized spacial score (nSPS) is 12.2. The predicted molar refractivity (Wildman–Crippen MR) is 119 cm³/mol. The molecule has 0 radical (unpaired) electrons. The number of hydrogen-bond donors (Lipinski definition) is 3. The number of carbonyl (C=O) groups is 3. The first-order chi connectivity index (χ1) is 14.7. The molecule has 0 saturated carbocycles. The van der Waals surface area contributed by atoms with Gasteiger partial charge in [0.15, 0.2) is 0 Å². The minimum atomic E-state index is -1.14. The number of nitrogens with one attached hydrogen (secondary N) is 2. The molecule has 0 aliphatic carbocycles. The van der Waals surface area contributed by atoms with Crippen LogP contribution in [0, 0.1) is 5.92 Å². The first-order valence-electron chi connectivity index (χ1n) is 9.66. The molecule has 164 valence electrons. The van der Waals surface area contributed by atoms with Crippen molar-refractivity contribution in [3.63, 3.8) is 0 Å². The third-order valence-corrected chi connectivity index (χ3v) is 4.59. The molecule has 0 fully saturated rings. The molecule has 0 saturated heterocycles. The minimum absolute atomic E-state index is 0.0546. The van der Waals surface area contributed by atoms with Gasteiger partial charge in [-0.2, -0.15) is 0 Å². The van der Waals surface area contributed by atoms with Crippen molar-refractivity contribution in [2.24, 2.45) is 5.92 Å². The van der Waals surface area contributed by atoms with Gasteiger partial charge in [0.2, 0.25) is 0 Å². The van der Waals surface area contributed by atoms with E-state index in [1.807, 2.05) is 13.8 Å². The van der Waals surface area contributed by atoms with Gasteiger partial charge in [0.25, 0.3) is 11.8 Å². The largest absolute Gasteiger partial charge is 0.497 e. The number of hydrogen-bond acceptors (Lipinski definition) is 4. The van der Waals surface area contributed by atoms with Gasteiger partial charge in [0.1, 0.15) is 17.5 Å². The Hall–Kier alpha value is -3.32. The van der Waals surface area contributed by atoms with Crippen LogP contribution in [0.25, 0.3) is 6.08 Å². The van der Waals surface area contributed by atoms with Crippen molar-refractivity contribution in [3.05, 3.63) is 70.4 Å². The highest BCUT2D eigenvalue weighted by atomic mass is 35.5. The molecule has 2 amide bonds. The molecule has 2 rings (SSSR count). The maximum absolute atomic E-state index is 12.9. The second-order valence-electron chi connectivity index (χ2n) is 7.29. The highest BCUT2D eigenvalue weighted by Gasteiger charge is 2.24. The van der Waals surface area contributed by atoms with E-state index in [-0.39, 0.29) is 18.0 Å². The lowest BCUT2D eigenvalue weighted by Crippen LogP contribution is -2.45. The molecule has 0 aliphatic heterocycles. The van der Waals surface area contributed by atoms with Crippen LogP contribution < -0.4 is 15.4 Å². The summed E-state index contributed by atoms with van der Waals surface area (Å²) in [5.74, 6) is -1.73. The summed E-state index contributed by atoms with van der Waals surface area (Å²) in [4.78, 5) is 37.1. The average molecular weight is 445 g/mol. The van der Waals surface area contributed by atoms with Gasteiger partial charge in [0, 0.05) is 10.6 Å². The molecule has 3 N–H and O–H groups in total. The fourth-order valence-electron chi connectivity index (χ4n) is 2.75. The Morgan fingerprint density at radius 3 is 2.19 bits per heavy atom. The Kier molecular flexibility index (Phi) is 8.63. The van der Waals surface area contributed by atoms with Gasteiger partial charge >= 0.3 is 5.97 Å². The van der Waals surface area contributed by atoms with E-state index in [9.17, 15) is 19.5 Å². The van der Waals surface area contributed by atoms with E-state index in [0.29, 0.717) is 21.9 Å². The second kappa shape index (κ2) is 11.2. The van der Waals surface area contributed by atoms with Crippen LogP contribution in [0.2, 0.25) is 5.02 Å². The molecular weight excluding hydrogens is 420 g/mol. The number of carboxylic acids is 1. The van der Waals surface area contributed by atoms with E-state index in [4.69, 9.17) is 16.3 Å². The van der Waals surface area contributed by atoms with Crippen LogP contribution in [-0.4, -0.2) is 36.0 Å². The minimum Gasteiger partial charge on any atom is -0.497 e. The number of benzene rings is 2. The topological polar surface area (TPSA) is 105 Å². The number of halogens is 1. The van der Waals surface area contributed by atoms with Crippen molar-refractivity contribution in [1.29, 1.82) is 0 Å². The number of amides is 2. The van der Waals surface area contributed by atoms with Crippen molar-refractivity contribution >= 4 is 35.5 Å². The molecule has 8 heteroatoms. The van der Waals surface area contributed by atoms with Crippen LogP contribution >= 0.6 is 11.6 Å². The van der Waals surface area contributed by atoms with Crippen LogP contribution in [0.1, 0.15) is 36.2 Å². The summed E-state index contributed by atoms with van der Waals surface area (Å²) in [6, 6.07) is 11.9. The molecule has 7 nitrogen and oxygen atoms in total. The van der Waals surface area contributed by atoms with Gasteiger partial charge in [-0.25, -0.2) is 4.79 Å². The molecular formula is C23H25ClN2O5. The number of methoxy groups -OCH3 is 1. The van der Waals surface area contributed by atoms with E-state index >= 15 is 0 Å². The lowest BCUT2D eigenvalue weighted by molar-refractivity contribution is -0.141. The molecule has 2 aromatic rings. The zero-order valence-electron chi connectivity index (χ0n) is 17.5. The highest BCUT2D eigenvalue weighted by Crippen LogP contribution is 2.15. The lowest BCUT2D eigenvalue weighted by Gasteiger charge is -2.18. The maximum atomic E-state index is 12.9. The summed E-state index contributed by atoms with van der Waals surface area (Å²) >= 11 is 5.91. The summed E-state index contributed by atoms with van der Waals surface area (Å²) in [7, 11) is 1.52. The Labute approximate surface area is 186 Å². The fraction of sp³-hybridized carbons (Fsp3) is 0.261. The molecule has 0 heterocycles. The first kappa shape index (κ1) is 24.0. The van der Waals surface area contributed by atoms with Crippen LogP contribution in [-0.2, 0) is 9.59 Å². The predicted octanol–water partition coefficient (Wildman–Crippen LogP) is 3.74. The molecule has 0 bridgehead atoms. The van der Waals surface area contributed by atoms with Gasteiger partial charge in [0.05, 0.1) is 7.11 Å². The summed E-state index contributed by atoms with van der Waals surface area (Å²) in [5, 5.41) is 15.0. The van der Waals surface area contributed by atoms with Gasteiger partial charge in [-0.05, 0) is 60.4 Å². The molecule has 0 unspecified atom stereocenters. The standard InChI is InChI=1S/C23H25ClN2O5/c1-14(2)12-20(23(29)30)26-22(28)19(13-15-4-8-17(24)9-5-15)25-21(27)16-6-10-18(31-3)11-7-16/h4-11,13-14,20H,12H2,1-3H3,(H,25,27)(H,26,28)(H,29,30)/b19-13-/t20-/m0/s1. The Morgan fingerprint density at radius 1 is 1.06 bits per heavy atom. The molecule has 0 aliphatic rings. The van der Waals surface area contributed by atoms with Crippen LogP contribution in [0.3, 0.4) is 0 Å². The molecule has 1 atom stereocenters. The second-order valence-corrected chi connectivity index (χ2v) is 7.72. The molecule has 2 aromatic carbocycles. The SMILES string of the molecule is COc1ccc(C(=O)N/C(=C\c2ccc(Cl)cc2)C(=O)N[C@@H](CC(C)C)C(=O)O)cc1. The zero-order chi connectivity index (χ0) is 23.0. The monoisotopic (exact) mass is 444 g/mol. The number of aliphatic carboxylic acids is 1. The maximum Gasteiger partial charge on any atom is 0.326 e. The smallest absolute Gasteiger partial charge is 0.326 e. The van der Waals surface area contributed by atoms with Crippen molar-refractivity contribution in [1.82, 2.24) is 10.6 Å². The Balaban J connectivity index is 2.30. The quantitative estimate of drug-likeness (QED) is 0.511. The molecule has 0 aromatic heterocycles. The third kappa shape index (κ3) is 7.46. The molecule has 31 heavy (non-hydrogen) atoms. The van der Waals surface area contributed by atoms with Gasteiger partial charge in [-0.3, -0.25) is 9.59 Å². The number of carbonyl (C=O) groups excluding carboxylic acids is 2. The van der Waals surface area contributed by atoms with Crippen LogP contribution in [0.4, 0.5) is 0 Å². The number of carboxylic acid groups (broad SMARTS) is 1. The third-order valence-electron chi connectivity index (χ3n) is 4.34. The van der Waals surface area contributed by atoms with E-state index in [0.717, 1.165) is 0 Å². The first-order valence-corrected chi connectivity index (χ1v) is 10.0. The van der Waals surface area contributed by atoms with Gasteiger partial charge in [-0.1, -0.05) is 37.6 Å². The lowest BCUT2D eigenvalue weighted by atomic mass is 10.0. The van der Waals surface area contributed by atoms with Gasteiger partial charge < -0.3 is 20.5 Å². The van der Waals surface area contributed by atoms with Gasteiger partial charge in [-0.15, -0.1) is 0 Å². The Morgan fingerprint density at radius 2 is 1.68 bits per heavy atom. The van der Waals surface area contributed by atoms with Crippen LogP contribution in [0.15, 0.2) is 54.2 Å². The summed E-state index contributed by atoms with van der Waals surface area (Å²) < 4.78 is 5.08. The number of rotatable bonds is 9. The summed E-state index contributed by atoms with van der Waals surface area (Å²) in [6.07, 6.45) is 1.71. The van der Waals surface area contributed by atoms with E-state index in [1.54, 1.807) is 48.5 Å². The van der Waals surface area contributed by atoms with Crippen LogP contribution in [0.5, 0.6) is 5.75 Å². The highest BCUT2D eigenvalue weighted by molar-refractivity contribution is 6.30. The van der Waals surface area contributed by atoms with E-state index in [2.05, 4.69) is 10.6 Å². The summed E-state index contributed by atoms with van der Waals surface area (Å²) in [6.45, 7) is 3.72. The van der Waals surface area contributed by atoms with E-state index in [1.165, 1.54) is 13.2 Å².